The van der Waals surface area contributed by atoms with Crippen molar-refractivity contribution in [2.75, 3.05) is 18.0 Å². The van der Waals surface area contributed by atoms with Gasteiger partial charge in [0.1, 0.15) is 11.6 Å². The zero-order valence-corrected chi connectivity index (χ0v) is 11.4. The van der Waals surface area contributed by atoms with Gasteiger partial charge in [0.25, 0.3) is 0 Å². The fourth-order valence-corrected chi connectivity index (χ4v) is 2.24. The number of halogens is 2. The summed E-state index contributed by atoms with van der Waals surface area (Å²) in [5, 5.41) is 0. The van der Waals surface area contributed by atoms with Crippen molar-refractivity contribution in [2.45, 2.75) is 13.3 Å². The highest BCUT2D eigenvalue weighted by atomic mass is 19.1. The average molecular weight is 276 g/mol. The van der Waals surface area contributed by atoms with E-state index in [1.165, 1.54) is 24.3 Å². The summed E-state index contributed by atoms with van der Waals surface area (Å²) in [4.78, 5) is 1.93. The minimum atomic E-state index is -0.286. The maximum Gasteiger partial charge on any atom is 0.125 e. The molecule has 20 heavy (non-hydrogen) atoms. The zero-order chi connectivity index (χ0) is 14.5. The topological polar surface area (TPSA) is 29.3 Å². The molecule has 2 rings (SSSR count). The highest BCUT2D eigenvalue weighted by molar-refractivity contribution is 5.63. The second-order valence-electron chi connectivity index (χ2n) is 4.58. The van der Waals surface area contributed by atoms with Crippen molar-refractivity contribution in [1.29, 1.82) is 0 Å². The van der Waals surface area contributed by atoms with E-state index in [-0.39, 0.29) is 11.6 Å². The van der Waals surface area contributed by atoms with E-state index in [4.69, 9.17) is 5.73 Å². The van der Waals surface area contributed by atoms with Crippen LogP contribution in [0.25, 0.3) is 0 Å². The molecule has 0 aliphatic carbocycles. The highest BCUT2D eigenvalue weighted by Crippen LogP contribution is 2.27. The summed E-state index contributed by atoms with van der Waals surface area (Å²) in [5.41, 5.74) is 7.97. The van der Waals surface area contributed by atoms with Gasteiger partial charge in [-0.2, -0.15) is 0 Å². The molecule has 0 fully saturated rings. The quantitative estimate of drug-likeness (QED) is 0.903. The molecular formula is C16H18F2N2. The van der Waals surface area contributed by atoms with Crippen molar-refractivity contribution in [3.05, 3.63) is 59.7 Å². The van der Waals surface area contributed by atoms with E-state index >= 15 is 0 Å². The Bertz CT molecular complexity index is 567. The Balaban J connectivity index is 2.38. The van der Waals surface area contributed by atoms with Gasteiger partial charge < -0.3 is 10.6 Å². The summed E-state index contributed by atoms with van der Waals surface area (Å²) in [6.07, 6.45) is 0.631. The van der Waals surface area contributed by atoms with Crippen LogP contribution in [0.5, 0.6) is 0 Å². The molecule has 0 radical (unpaired) electrons. The lowest BCUT2D eigenvalue weighted by Gasteiger charge is -2.24. The number of benzene rings is 2. The van der Waals surface area contributed by atoms with E-state index in [1.54, 1.807) is 12.1 Å². The van der Waals surface area contributed by atoms with Crippen LogP contribution < -0.4 is 10.6 Å². The van der Waals surface area contributed by atoms with E-state index in [1.807, 2.05) is 17.9 Å². The molecule has 0 bridgehead atoms. The third-order valence-corrected chi connectivity index (χ3v) is 3.14. The Labute approximate surface area is 117 Å². The van der Waals surface area contributed by atoms with Crippen molar-refractivity contribution < 1.29 is 8.78 Å². The van der Waals surface area contributed by atoms with Crippen molar-refractivity contribution >= 4 is 11.4 Å². The molecule has 0 spiro atoms. The fourth-order valence-electron chi connectivity index (χ4n) is 2.24. The second-order valence-corrected chi connectivity index (χ2v) is 4.58. The lowest BCUT2D eigenvalue weighted by atomic mass is 10.1. The molecule has 0 amide bonds. The van der Waals surface area contributed by atoms with Crippen LogP contribution in [0.1, 0.15) is 12.5 Å². The summed E-state index contributed by atoms with van der Waals surface area (Å²) in [5.74, 6) is -0.570. The van der Waals surface area contributed by atoms with Gasteiger partial charge in [-0.25, -0.2) is 8.78 Å². The molecule has 0 heterocycles. The molecule has 0 aliphatic heterocycles. The Hall–Kier alpha value is -1.94. The van der Waals surface area contributed by atoms with Crippen LogP contribution in [0.4, 0.5) is 20.2 Å². The number of nitrogens with zero attached hydrogens (tertiary/aromatic N) is 1. The van der Waals surface area contributed by atoms with Gasteiger partial charge in [-0.1, -0.05) is 0 Å². The largest absolute Gasteiger partial charge is 0.342 e. The van der Waals surface area contributed by atoms with Gasteiger partial charge in [0, 0.05) is 17.9 Å². The maximum atomic E-state index is 13.7. The SMILES string of the molecule is CCN(c1ccc(F)cc1)c1cc(F)cc(CCN)c1. The molecule has 0 aromatic heterocycles. The predicted molar refractivity (Wildman–Crippen MR) is 78.2 cm³/mol. The summed E-state index contributed by atoms with van der Waals surface area (Å²) in [6, 6.07) is 11.1. The molecule has 2 nitrogen and oxygen atoms in total. The van der Waals surface area contributed by atoms with Crippen LogP contribution in [-0.4, -0.2) is 13.1 Å². The second kappa shape index (κ2) is 6.48. The van der Waals surface area contributed by atoms with Crippen molar-refractivity contribution in [1.82, 2.24) is 0 Å². The Morgan fingerprint density at radius 3 is 2.25 bits per heavy atom. The van der Waals surface area contributed by atoms with Crippen molar-refractivity contribution in [3.8, 4) is 0 Å². The molecule has 0 atom stereocenters. The zero-order valence-electron chi connectivity index (χ0n) is 11.4. The third-order valence-electron chi connectivity index (χ3n) is 3.14. The summed E-state index contributed by atoms with van der Waals surface area (Å²) < 4.78 is 26.7. The molecule has 4 heteroatoms. The lowest BCUT2D eigenvalue weighted by molar-refractivity contribution is 0.624. The number of nitrogens with two attached hydrogens (primary N) is 1. The van der Waals surface area contributed by atoms with Gasteiger partial charge in [0.2, 0.25) is 0 Å². The predicted octanol–water partition coefficient (Wildman–Crippen LogP) is 3.62. The van der Waals surface area contributed by atoms with Gasteiger partial charge in [0.15, 0.2) is 0 Å². The van der Waals surface area contributed by atoms with E-state index in [0.717, 1.165) is 16.9 Å². The Morgan fingerprint density at radius 2 is 1.65 bits per heavy atom. The van der Waals surface area contributed by atoms with Crippen LogP contribution in [0.2, 0.25) is 0 Å². The first-order valence-electron chi connectivity index (χ1n) is 6.66. The maximum absolute atomic E-state index is 13.7. The van der Waals surface area contributed by atoms with Crippen LogP contribution in [0.15, 0.2) is 42.5 Å². The van der Waals surface area contributed by atoms with Gasteiger partial charge in [-0.05, 0) is 67.9 Å². The van der Waals surface area contributed by atoms with Crippen molar-refractivity contribution in [3.63, 3.8) is 0 Å². The average Bonchev–Trinajstić information content (AvgIpc) is 2.41. The minimum absolute atomic E-state index is 0.284. The molecular weight excluding hydrogens is 258 g/mol. The van der Waals surface area contributed by atoms with Crippen molar-refractivity contribution in [2.24, 2.45) is 5.73 Å². The molecule has 0 saturated heterocycles. The minimum Gasteiger partial charge on any atom is -0.342 e. The van der Waals surface area contributed by atoms with Crippen LogP contribution in [0.3, 0.4) is 0 Å². The number of hydrogen-bond donors (Lipinski definition) is 1. The molecule has 2 aromatic rings. The highest BCUT2D eigenvalue weighted by Gasteiger charge is 2.10. The first kappa shape index (κ1) is 14.5. The van der Waals surface area contributed by atoms with Crippen LogP contribution in [-0.2, 0) is 6.42 Å². The summed E-state index contributed by atoms with van der Waals surface area (Å²) in [7, 11) is 0. The standard InChI is InChI=1S/C16H18F2N2/c1-2-20(15-5-3-13(17)4-6-15)16-10-12(7-8-19)9-14(18)11-16/h3-6,9-11H,2,7-8,19H2,1H3. The van der Waals surface area contributed by atoms with Gasteiger partial charge in [0.05, 0.1) is 0 Å². The molecule has 0 aliphatic rings. The molecule has 2 N–H and O–H groups in total. The molecule has 106 valence electrons. The van der Waals surface area contributed by atoms with Gasteiger partial charge >= 0.3 is 0 Å². The van der Waals surface area contributed by atoms with Crippen LogP contribution >= 0.6 is 0 Å². The van der Waals surface area contributed by atoms with E-state index in [9.17, 15) is 8.78 Å². The lowest BCUT2D eigenvalue weighted by Crippen LogP contribution is -2.16. The van der Waals surface area contributed by atoms with E-state index in [2.05, 4.69) is 0 Å². The van der Waals surface area contributed by atoms with Gasteiger partial charge in [-0.3, -0.25) is 0 Å². The molecule has 0 saturated carbocycles. The van der Waals surface area contributed by atoms with Crippen LogP contribution in [0, 0.1) is 11.6 Å². The first-order chi connectivity index (χ1) is 9.63. The normalized spacial score (nSPS) is 10.6. The number of rotatable bonds is 5. The Morgan fingerprint density at radius 1 is 0.950 bits per heavy atom. The monoisotopic (exact) mass is 276 g/mol. The molecule has 0 unspecified atom stereocenters. The fraction of sp³-hybridized carbons (Fsp3) is 0.250. The third kappa shape index (κ3) is 3.33. The number of anilines is 2. The summed E-state index contributed by atoms with van der Waals surface area (Å²) >= 11 is 0. The smallest absolute Gasteiger partial charge is 0.125 e. The Kier molecular flexibility index (Phi) is 4.69. The number of hydrogen-bond acceptors (Lipinski definition) is 2. The van der Waals surface area contributed by atoms with E-state index < -0.39 is 0 Å². The summed E-state index contributed by atoms with van der Waals surface area (Å²) in [6.45, 7) is 3.11. The van der Waals surface area contributed by atoms with Gasteiger partial charge in [-0.15, -0.1) is 0 Å². The molecule has 2 aromatic carbocycles. The first-order valence-corrected chi connectivity index (χ1v) is 6.66. The van der Waals surface area contributed by atoms with E-state index in [0.29, 0.717) is 19.5 Å².